The van der Waals surface area contributed by atoms with Crippen molar-refractivity contribution in [1.82, 2.24) is 14.5 Å². The Morgan fingerprint density at radius 2 is 1.83 bits per heavy atom. The number of halogens is 1. The molecule has 214 valence electrons. The molecule has 0 atom stereocenters. The second kappa shape index (κ2) is 13.3. The summed E-state index contributed by atoms with van der Waals surface area (Å²) in [7, 11) is 0. The number of anilines is 1. The number of amides is 2. The third-order valence-electron chi connectivity index (χ3n) is 6.15. The Bertz CT molecular complexity index is 1690. The van der Waals surface area contributed by atoms with Gasteiger partial charge in [0, 0.05) is 18.7 Å². The topological polar surface area (TPSA) is 93.5 Å². The van der Waals surface area contributed by atoms with E-state index in [4.69, 9.17) is 17.0 Å². The quantitative estimate of drug-likeness (QED) is 0.127. The van der Waals surface area contributed by atoms with E-state index in [0.29, 0.717) is 49.0 Å². The van der Waals surface area contributed by atoms with Crippen LogP contribution in [0.1, 0.15) is 23.7 Å². The number of nitrogens with zero attached hydrogens (tertiary/aromatic N) is 3. The molecule has 0 unspecified atom stereocenters. The van der Waals surface area contributed by atoms with Crippen molar-refractivity contribution >= 4 is 80.6 Å². The average molecular weight is 621 g/mol. The van der Waals surface area contributed by atoms with Crippen LogP contribution in [-0.4, -0.2) is 55.4 Å². The number of thiocarbonyl (C=S) groups is 1. The molecule has 42 heavy (non-hydrogen) atoms. The van der Waals surface area contributed by atoms with E-state index in [1.165, 1.54) is 21.6 Å². The van der Waals surface area contributed by atoms with Crippen LogP contribution >= 0.6 is 35.7 Å². The van der Waals surface area contributed by atoms with Crippen molar-refractivity contribution in [3.63, 3.8) is 0 Å². The number of ether oxygens (including phenoxy) is 1. The van der Waals surface area contributed by atoms with Crippen LogP contribution in [-0.2, 0) is 9.59 Å². The molecule has 0 spiro atoms. The number of carbonyl (C=O) groups excluding carboxylic acids is 3. The van der Waals surface area contributed by atoms with Gasteiger partial charge in [0.05, 0.1) is 28.3 Å². The summed E-state index contributed by atoms with van der Waals surface area (Å²) < 4.78 is 20.5. The molecule has 2 heterocycles. The highest BCUT2D eigenvalue weighted by Gasteiger charge is 2.32. The summed E-state index contributed by atoms with van der Waals surface area (Å²) in [6, 6.07) is 20.1. The molecule has 1 saturated heterocycles. The smallest absolute Gasteiger partial charge is 0.266 e. The maximum atomic E-state index is 13.5. The van der Waals surface area contributed by atoms with E-state index >= 15 is 0 Å². The third kappa shape index (κ3) is 6.89. The van der Waals surface area contributed by atoms with Gasteiger partial charge >= 0.3 is 0 Å². The Morgan fingerprint density at radius 1 is 1.10 bits per heavy atom. The molecule has 12 heteroatoms. The molecule has 4 aromatic rings. The van der Waals surface area contributed by atoms with Gasteiger partial charge in [0.2, 0.25) is 11.8 Å². The fraction of sp³-hybridized carbons (Fsp3) is 0.167. The predicted molar refractivity (Wildman–Crippen MR) is 168 cm³/mol. The second-order valence-corrected chi connectivity index (χ2v) is 11.7. The van der Waals surface area contributed by atoms with E-state index in [-0.39, 0.29) is 42.3 Å². The molecule has 1 aliphatic heterocycles. The van der Waals surface area contributed by atoms with Gasteiger partial charge in [-0.25, -0.2) is 9.37 Å². The first-order valence-corrected chi connectivity index (χ1v) is 15.2. The first kappa shape index (κ1) is 29.5. The highest BCUT2D eigenvalue weighted by molar-refractivity contribution is 8.26. The van der Waals surface area contributed by atoms with Crippen LogP contribution in [0.2, 0.25) is 0 Å². The van der Waals surface area contributed by atoms with Gasteiger partial charge in [-0.05, 0) is 67.1 Å². The number of carbonyl (C=O) groups is 3. The van der Waals surface area contributed by atoms with Crippen molar-refractivity contribution in [2.75, 3.05) is 24.2 Å². The molecule has 8 nitrogen and oxygen atoms in total. The van der Waals surface area contributed by atoms with Gasteiger partial charge in [0.25, 0.3) is 5.91 Å². The van der Waals surface area contributed by atoms with Gasteiger partial charge < -0.3 is 10.1 Å². The zero-order valence-corrected chi connectivity index (χ0v) is 24.9. The van der Waals surface area contributed by atoms with E-state index < -0.39 is 0 Å². The molecular weight excluding hydrogens is 596 g/mol. The monoisotopic (exact) mass is 620 g/mol. The van der Waals surface area contributed by atoms with E-state index in [0.717, 1.165) is 23.5 Å². The van der Waals surface area contributed by atoms with Crippen LogP contribution in [0.15, 0.2) is 82.9 Å². The van der Waals surface area contributed by atoms with E-state index in [1.54, 1.807) is 54.6 Å². The number of aromatic nitrogens is 2. The van der Waals surface area contributed by atoms with Crippen molar-refractivity contribution in [1.29, 1.82) is 0 Å². The fourth-order valence-corrected chi connectivity index (χ4v) is 6.33. The Hall–Kier alpha value is -4.00. The fourth-order valence-electron chi connectivity index (χ4n) is 4.19. The maximum Gasteiger partial charge on any atom is 0.266 e. The standard InChI is InChI=1S/C30H25FN4O4S3/c1-2-39-22-13-11-21(12-14-22)32-26(36)18-41-29-33-23-5-3-4-6-24(23)35(29)27(37)15-16-34-28(38)25(42-30(34)40)17-19-7-9-20(31)10-8-19/h3-14,17H,2,15-16,18H2,1H3,(H,32,36)/b25-17+. The molecule has 1 aliphatic rings. The van der Waals surface area contributed by atoms with Gasteiger partial charge in [0.1, 0.15) is 15.9 Å². The molecule has 0 bridgehead atoms. The van der Waals surface area contributed by atoms with E-state index in [9.17, 15) is 18.8 Å². The number of imidazole rings is 1. The van der Waals surface area contributed by atoms with Crippen molar-refractivity contribution < 1.29 is 23.5 Å². The Kier molecular flexibility index (Phi) is 9.35. The van der Waals surface area contributed by atoms with Gasteiger partial charge in [-0.2, -0.15) is 0 Å². The maximum absolute atomic E-state index is 13.5. The zero-order chi connectivity index (χ0) is 29.6. The van der Waals surface area contributed by atoms with Crippen LogP contribution in [0.5, 0.6) is 5.75 Å². The molecule has 0 aliphatic carbocycles. The lowest BCUT2D eigenvalue weighted by Crippen LogP contribution is -2.31. The minimum absolute atomic E-state index is 0.0114. The van der Waals surface area contributed by atoms with Crippen LogP contribution < -0.4 is 10.1 Å². The van der Waals surface area contributed by atoms with Crippen molar-refractivity contribution in [2.45, 2.75) is 18.5 Å². The number of nitrogens with one attached hydrogen (secondary N) is 1. The number of benzene rings is 3. The largest absolute Gasteiger partial charge is 0.494 e. The SMILES string of the molecule is CCOc1ccc(NC(=O)CSc2nc3ccccc3n2C(=O)CCN2C(=O)/C(=C\c3ccc(F)cc3)SC2=S)cc1. The van der Waals surface area contributed by atoms with Crippen LogP contribution in [0.3, 0.4) is 0 Å². The van der Waals surface area contributed by atoms with Crippen molar-refractivity contribution in [2.24, 2.45) is 0 Å². The molecule has 3 aromatic carbocycles. The predicted octanol–water partition coefficient (Wildman–Crippen LogP) is 6.24. The van der Waals surface area contributed by atoms with Crippen LogP contribution in [0.4, 0.5) is 10.1 Å². The molecule has 0 radical (unpaired) electrons. The second-order valence-electron chi connectivity index (χ2n) is 9.04. The van der Waals surface area contributed by atoms with Crippen molar-refractivity contribution in [3.05, 3.63) is 89.1 Å². The van der Waals surface area contributed by atoms with Crippen LogP contribution in [0.25, 0.3) is 17.1 Å². The zero-order valence-electron chi connectivity index (χ0n) is 22.4. The number of hydrogen-bond donors (Lipinski definition) is 1. The summed E-state index contributed by atoms with van der Waals surface area (Å²) >= 11 is 7.70. The van der Waals surface area contributed by atoms with Crippen LogP contribution in [0, 0.1) is 5.82 Å². The Balaban J connectivity index is 1.25. The first-order valence-electron chi connectivity index (χ1n) is 13.0. The lowest BCUT2D eigenvalue weighted by molar-refractivity contribution is -0.122. The lowest BCUT2D eigenvalue weighted by atomic mass is 10.2. The van der Waals surface area contributed by atoms with Gasteiger partial charge in [-0.1, -0.05) is 60.0 Å². The number of thioether (sulfide) groups is 2. The summed E-state index contributed by atoms with van der Waals surface area (Å²) in [5.74, 6) is -0.455. The number of rotatable bonds is 10. The van der Waals surface area contributed by atoms with E-state index in [1.807, 2.05) is 19.1 Å². The highest BCUT2D eigenvalue weighted by Crippen LogP contribution is 2.33. The molecule has 5 rings (SSSR count). The lowest BCUT2D eigenvalue weighted by Gasteiger charge is -2.15. The summed E-state index contributed by atoms with van der Waals surface area (Å²) in [5, 5.41) is 3.22. The molecule has 2 amide bonds. The molecular formula is C30H25FN4O4S3. The first-order chi connectivity index (χ1) is 20.3. The van der Waals surface area contributed by atoms with Gasteiger partial charge in [-0.15, -0.1) is 0 Å². The molecule has 1 aromatic heterocycles. The van der Waals surface area contributed by atoms with Crippen molar-refractivity contribution in [3.8, 4) is 5.75 Å². The van der Waals surface area contributed by atoms with Gasteiger partial charge in [-0.3, -0.25) is 23.9 Å². The molecule has 1 fully saturated rings. The minimum atomic E-state index is -0.365. The average Bonchev–Trinajstić information content (AvgIpc) is 3.49. The summed E-state index contributed by atoms with van der Waals surface area (Å²) in [6.07, 6.45) is 1.64. The number of fused-ring (bicyclic) bond motifs is 1. The summed E-state index contributed by atoms with van der Waals surface area (Å²) in [6.45, 7) is 2.53. The Labute approximate surface area is 255 Å². The summed E-state index contributed by atoms with van der Waals surface area (Å²) in [5.41, 5.74) is 2.53. The normalized spacial score (nSPS) is 14.1. The minimum Gasteiger partial charge on any atom is -0.494 e. The molecule has 1 N–H and O–H groups in total. The summed E-state index contributed by atoms with van der Waals surface area (Å²) in [4.78, 5) is 45.6. The Morgan fingerprint density at radius 3 is 2.57 bits per heavy atom. The van der Waals surface area contributed by atoms with E-state index in [2.05, 4.69) is 10.3 Å². The van der Waals surface area contributed by atoms with Gasteiger partial charge in [0.15, 0.2) is 5.16 Å². The number of para-hydroxylation sites is 2. The highest BCUT2D eigenvalue weighted by atomic mass is 32.2. The molecule has 0 saturated carbocycles. The number of hydrogen-bond acceptors (Lipinski definition) is 8. The third-order valence-corrected chi connectivity index (χ3v) is 8.47.